The summed E-state index contributed by atoms with van der Waals surface area (Å²) in [5.41, 5.74) is 1.63. The second-order valence-corrected chi connectivity index (χ2v) is 9.16. The maximum atomic E-state index is 13.2. The number of ether oxygens (including phenoxy) is 1. The SMILES string of the molecule is Cn1ccn2ncc(C(=O)N3CCC4(CC3)CC(O)CN(C3CCOCC3)C4)c12. The smallest absolute Gasteiger partial charge is 0.259 e. The number of hydrogen-bond acceptors (Lipinski definition) is 5. The van der Waals surface area contributed by atoms with Crippen LogP contribution >= 0.6 is 0 Å². The first kappa shape index (κ1) is 19.1. The molecule has 8 heteroatoms. The molecule has 29 heavy (non-hydrogen) atoms. The third kappa shape index (κ3) is 3.47. The molecular formula is C21H31N5O3. The van der Waals surface area contributed by atoms with Crippen LogP contribution in [0.3, 0.4) is 0 Å². The van der Waals surface area contributed by atoms with Crippen molar-refractivity contribution < 1.29 is 14.6 Å². The molecule has 2 aromatic rings. The number of likely N-dealkylation sites (tertiary alicyclic amines) is 2. The Morgan fingerprint density at radius 2 is 2.00 bits per heavy atom. The summed E-state index contributed by atoms with van der Waals surface area (Å²) < 4.78 is 9.21. The summed E-state index contributed by atoms with van der Waals surface area (Å²) in [5.74, 6) is 0.0642. The predicted octanol–water partition coefficient (Wildman–Crippen LogP) is 1.14. The van der Waals surface area contributed by atoms with Gasteiger partial charge in [-0.25, -0.2) is 4.52 Å². The van der Waals surface area contributed by atoms with Gasteiger partial charge in [-0.15, -0.1) is 0 Å². The highest BCUT2D eigenvalue weighted by Gasteiger charge is 2.44. The van der Waals surface area contributed by atoms with E-state index in [9.17, 15) is 9.90 Å². The van der Waals surface area contributed by atoms with Crippen LogP contribution in [0.1, 0.15) is 42.5 Å². The lowest BCUT2D eigenvalue weighted by molar-refractivity contribution is -0.0695. The molecule has 5 rings (SSSR count). The number of imidazole rings is 1. The number of hydrogen-bond donors (Lipinski definition) is 1. The maximum Gasteiger partial charge on any atom is 0.259 e. The fraction of sp³-hybridized carbons (Fsp3) is 0.714. The van der Waals surface area contributed by atoms with Crippen molar-refractivity contribution in [2.75, 3.05) is 39.4 Å². The molecule has 3 saturated heterocycles. The van der Waals surface area contributed by atoms with E-state index in [4.69, 9.17) is 4.74 Å². The number of rotatable bonds is 2. The van der Waals surface area contributed by atoms with Crippen molar-refractivity contribution in [2.45, 2.75) is 44.2 Å². The van der Waals surface area contributed by atoms with Crippen molar-refractivity contribution in [1.29, 1.82) is 0 Å². The van der Waals surface area contributed by atoms with Gasteiger partial charge in [0.25, 0.3) is 5.91 Å². The van der Waals surface area contributed by atoms with Crippen LogP contribution in [0.25, 0.3) is 5.65 Å². The van der Waals surface area contributed by atoms with E-state index in [1.165, 1.54) is 0 Å². The summed E-state index contributed by atoms with van der Waals surface area (Å²) in [6, 6.07) is 0.522. The van der Waals surface area contributed by atoms with Gasteiger partial charge in [-0.1, -0.05) is 0 Å². The number of piperidine rings is 2. The van der Waals surface area contributed by atoms with Gasteiger partial charge >= 0.3 is 0 Å². The van der Waals surface area contributed by atoms with Crippen molar-refractivity contribution in [1.82, 2.24) is 24.0 Å². The summed E-state index contributed by atoms with van der Waals surface area (Å²) >= 11 is 0. The van der Waals surface area contributed by atoms with E-state index in [0.29, 0.717) is 11.6 Å². The molecule has 3 fully saturated rings. The van der Waals surface area contributed by atoms with E-state index in [-0.39, 0.29) is 17.4 Å². The molecule has 0 bridgehead atoms. The Morgan fingerprint density at radius 1 is 1.24 bits per heavy atom. The van der Waals surface area contributed by atoms with Crippen LogP contribution in [-0.2, 0) is 11.8 Å². The van der Waals surface area contributed by atoms with Crippen LogP contribution in [0, 0.1) is 5.41 Å². The zero-order valence-electron chi connectivity index (χ0n) is 17.2. The van der Waals surface area contributed by atoms with Crippen molar-refractivity contribution in [3.8, 4) is 0 Å². The van der Waals surface area contributed by atoms with Crippen LogP contribution in [0.2, 0.25) is 0 Å². The Morgan fingerprint density at radius 3 is 2.76 bits per heavy atom. The van der Waals surface area contributed by atoms with E-state index in [2.05, 4.69) is 10.00 Å². The molecule has 1 N–H and O–H groups in total. The number of aliphatic hydroxyl groups is 1. The Kier molecular flexibility index (Phi) is 4.88. The zero-order chi connectivity index (χ0) is 20.0. The minimum absolute atomic E-state index is 0.0642. The maximum absolute atomic E-state index is 13.2. The van der Waals surface area contributed by atoms with E-state index < -0.39 is 0 Å². The number of amides is 1. The van der Waals surface area contributed by atoms with Crippen LogP contribution in [0.5, 0.6) is 0 Å². The molecule has 0 aliphatic carbocycles. The second-order valence-electron chi connectivity index (χ2n) is 9.16. The third-order valence-corrected chi connectivity index (χ3v) is 7.24. The number of fused-ring (bicyclic) bond motifs is 1. The summed E-state index contributed by atoms with van der Waals surface area (Å²) in [7, 11) is 1.94. The van der Waals surface area contributed by atoms with Gasteiger partial charge in [0.05, 0.1) is 12.3 Å². The molecule has 5 heterocycles. The number of aliphatic hydroxyl groups excluding tert-OH is 1. The number of carbonyl (C=O) groups is 1. The Bertz CT molecular complexity index is 876. The van der Waals surface area contributed by atoms with Crippen LogP contribution < -0.4 is 0 Å². The van der Waals surface area contributed by atoms with Crippen molar-refractivity contribution in [3.05, 3.63) is 24.2 Å². The summed E-state index contributed by atoms with van der Waals surface area (Å²) in [6.07, 6.45) is 10.1. The lowest BCUT2D eigenvalue weighted by Gasteiger charge is -2.51. The molecule has 0 aromatic carbocycles. The average Bonchev–Trinajstić information content (AvgIpc) is 3.31. The Labute approximate surface area is 171 Å². The highest BCUT2D eigenvalue weighted by atomic mass is 16.5. The molecule has 1 amide bonds. The van der Waals surface area contributed by atoms with Crippen molar-refractivity contribution >= 4 is 11.6 Å². The largest absolute Gasteiger partial charge is 0.392 e. The number of nitrogens with zero attached hydrogens (tertiary/aromatic N) is 5. The van der Waals surface area contributed by atoms with Gasteiger partial charge in [0.1, 0.15) is 11.2 Å². The standard InChI is InChI=1S/C21H31N5O3/c1-23-8-9-26-19(23)18(13-22-26)20(28)24-6-4-21(5-7-24)12-17(27)14-25(15-21)16-2-10-29-11-3-16/h8-9,13,16-17,27H,2-7,10-12,14-15H2,1H3. The lowest BCUT2D eigenvalue weighted by Crippen LogP contribution is -2.57. The molecule has 1 unspecified atom stereocenters. The highest BCUT2D eigenvalue weighted by molar-refractivity contribution is 5.99. The van der Waals surface area contributed by atoms with Crippen molar-refractivity contribution in [2.24, 2.45) is 12.5 Å². The van der Waals surface area contributed by atoms with Gasteiger partial charge in [-0.3, -0.25) is 9.69 Å². The molecule has 2 aromatic heterocycles. The quantitative estimate of drug-likeness (QED) is 0.817. The number of aromatic nitrogens is 3. The van der Waals surface area contributed by atoms with Crippen molar-refractivity contribution in [3.63, 3.8) is 0 Å². The fourth-order valence-corrected chi connectivity index (χ4v) is 5.64. The highest BCUT2D eigenvalue weighted by Crippen LogP contribution is 2.41. The van der Waals surface area contributed by atoms with E-state index in [1.54, 1.807) is 10.7 Å². The number of β-amino-alcohol motifs (C(OH)–C–C–N with tert-alkyl or cyclic N) is 1. The molecule has 0 saturated carbocycles. The molecule has 3 aliphatic rings. The molecular weight excluding hydrogens is 370 g/mol. The van der Waals surface area contributed by atoms with E-state index >= 15 is 0 Å². The predicted molar refractivity (Wildman–Crippen MR) is 108 cm³/mol. The summed E-state index contributed by atoms with van der Waals surface area (Å²) in [5, 5.41) is 14.9. The Balaban J connectivity index is 1.27. The summed E-state index contributed by atoms with van der Waals surface area (Å²) in [4.78, 5) is 17.6. The minimum atomic E-state index is -0.271. The molecule has 1 spiro atoms. The monoisotopic (exact) mass is 401 g/mol. The Hall–Kier alpha value is -1.90. The fourth-order valence-electron chi connectivity index (χ4n) is 5.64. The average molecular weight is 402 g/mol. The number of aryl methyl sites for hydroxylation is 1. The minimum Gasteiger partial charge on any atom is -0.392 e. The normalized spacial score (nSPS) is 26.4. The van der Waals surface area contributed by atoms with Crippen LogP contribution in [-0.4, -0.2) is 86.5 Å². The van der Waals surface area contributed by atoms with E-state index in [0.717, 1.165) is 77.1 Å². The molecule has 0 radical (unpaired) electrons. The first-order valence-electron chi connectivity index (χ1n) is 10.8. The first-order chi connectivity index (χ1) is 14.0. The van der Waals surface area contributed by atoms with Crippen LogP contribution in [0.15, 0.2) is 18.6 Å². The second kappa shape index (κ2) is 7.41. The number of carbonyl (C=O) groups excluding carboxylic acids is 1. The first-order valence-corrected chi connectivity index (χ1v) is 10.8. The van der Waals surface area contributed by atoms with Gasteiger partial charge in [0.2, 0.25) is 0 Å². The van der Waals surface area contributed by atoms with E-state index in [1.807, 2.05) is 28.9 Å². The van der Waals surface area contributed by atoms with Gasteiger partial charge in [-0.05, 0) is 37.5 Å². The molecule has 158 valence electrons. The topological polar surface area (TPSA) is 75.2 Å². The molecule has 1 atom stereocenters. The summed E-state index contributed by atoms with van der Waals surface area (Å²) in [6.45, 7) is 4.95. The van der Waals surface area contributed by atoms with Gasteiger partial charge in [0, 0.05) is 64.9 Å². The van der Waals surface area contributed by atoms with Crippen LogP contribution in [0.4, 0.5) is 0 Å². The van der Waals surface area contributed by atoms with Gasteiger partial charge < -0.3 is 19.3 Å². The lowest BCUT2D eigenvalue weighted by atomic mass is 9.71. The third-order valence-electron chi connectivity index (χ3n) is 7.24. The van der Waals surface area contributed by atoms with Gasteiger partial charge in [-0.2, -0.15) is 5.10 Å². The molecule has 3 aliphatic heterocycles. The zero-order valence-corrected chi connectivity index (χ0v) is 17.2. The van der Waals surface area contributed by atoms with Gasteiger partial charge in [0.15, 0.2) is 0 Å². The molecule has 8 nitrogen and oxygen atoms in total.